The molecule has 2 aliphatic heterocycles. The van der Waals surface area contributed by atoms with Gasteiger partial charge in [0.25, 0.3) is 5.91 Å². The Morgan fingerprint density at radius 1 is 0.960 bits per heavy atom. The minimum Gasteiger partial charge on any atom is -0.451 e. The molecule has 0 spiro atoms. The topological polar surface area (TPSA) is 118 Å². The second-order valence-corrected chi connectivity index (χ2v) is 13.5. The lowest BCUT2D eigenvalue weighted by Gasteiger charge is -2.36. The molecule has 1 atom stereocenters. The minimum atomic E-state index is -0.901. The highest BCUT2D eigenvalue weighted by atomic mass is 35.5. The van der Waals surface area contributed by atoms with Gasteiger partial charge < -0.3 is 24.1 Å². The summed E-state index contributed by atoms with van der Waals surface area (Å²) in [5.41, 5.74) is 3.85. The third-order valence-corrected chi connectivity index (χ3v) is 10.0. The van der Waals surface area contributed by atoms with Crippen LogP contribution in [0.3, 0.4) is 0 Å². The maximum atomic E-state index is 14.1. The summed E-state index contributed by atoms with van der Waals surface area (Å²) in [6.45, 7) is 2.45. The molecule has 0 radical (unpaired) electrons. The standard InChI is InChI=1S/C39H38ClN5O5/c40-29-10-8-26(9-11-29)21-33(42-38(48)36-23-34(46)32-22-30(12-13-35(32)50-36)45-20-16-41-25-45)39(49)43-18-14-27(15-19-43)31-6-2-1-5-28(31)24-44-17-4-3-7-37(44)47/h1-2,5-6,8-13,16,20,22-23,25,27,33H,3-4,7,14-15,17-19,21,24H2,(H,42,48)/t33-/m0/s1. The number of nitrogens with one attached hydrogen (secondary N) is 1. The molecule has 5 aromatic rings. The predicted molar refractivity (Wildman–Crippen MR) is 190 cm³/mol. The van der Waals surface area contributed by atoms with Crippen molar-refractivity contribution in [2.24, 2.45) is 0 Å². The molecular weight excluding hydrogens is 654 g/mol. The molecule has 3 aromatic carbocycles. The number of hydrogen-bond donors (Lipinski definition) is 1. The first kappa shape index (κ1) is 33.3. The Balaban J connectivity index is 1.07. The van der Waals surface area contributed by atoms with Crippen LogP contribution < -0.4 is 10.7 Å². The summed E-state index contributed by atoms with van der Waals surface area (Å²) in [5.74, 6) is -0.559. The molecule has 256 valence electrons. The first-order chi connectivity index (χ1) is 24.3. The van der Waals surface area contributed by atoms with Gasteiger partial charge in [0.05, 0.1) is 11.7 Å². The zero-order valence-electron chi connectivity index (χ0n) is 27.6. The Labute approximate surface area is 294 Å². The molecule has 50 heavy (non-hydrogen) atoms. The minimum absolute atomic E-state index is 0.172. The van der Waals surface area contributed by atoms with Crippen LogP contribution in [0.2, 0.25) is 5.02 Å². The summed E-state index contributed by atoms with van der Waals surface area (Å²) in [7, 11) is 0. The number of nitrogens with zero attached hydrogens (tertiary/aromatic N) is 4. The number of fused-ring (bicyclic) bond motifs is 1. The molecular formula is C39H38ClN5O5. The second kappa shape index (κ2) is 14.7. The van der Waals surface area contributed by atoms with Crippen LogP contribution >= 0.6 is 11.6 Å². The fraction of sp³-hybridized carbons (Fsp3) is 0.308. The van der Waals surface area contributed by atoms with Gasteiger partial charge in [-0.15, -0.1) is 0 Å². The van der Waals surface area contributed by atoms with Gasteiger partial charge in [0.2, 0.25) is 11.8 Å². The van der Waals surface area contributed by atoms with Crippen LogP contribution in [0.1, 0.15) is 65.3 Å². The molecule has 7 rings (SSSR count). The van der Waals surface area contributed by atoms with Crippen LogP contribution in [0.4, 0.5) is 0 Å². The number of likely N-dealkylation sites (tertiary alicyclic amines) is 2. The lowest BCUT2D eigenvalue weighted by atomic mass is 9.86. The van der Waals surface area contributed by atoms with Crippen LogP contribution in [-0.2, 0) is 22.6 Å². The molecule has 11 heteroatoms. The van der Waals surface area contributed by atoms with E-state index >= 15 is 0 Å². The van der Waals surface area contributed by atoms with E-state index in [1.165, 1.54) is 11.6 Å². The molecule has 0 bridgehead atoms. The molecule has 1 N–H and O–H groups in total. The fourth-order valence-electron chi connectivity index (χ4n) is 7.06. The number of piperidine rings is 2. The summed E-state index contributed by atoms with van der Waals surface area (Å²) in [6, 6.07) is 20.8. The Morgan fingerprint density at radius 2 is 1.76 bits per heavy atom. The van der Waals surface area contributed by atoms with Crippen molar-refractivity contribution in [3.63, 3.8) is 0 Å². The van der Waals surface area contributed by atoms with Crippen LogP contribution in [-0.4, -0.2) is 62.7 Å². The van der Waals surface area contributed by atoms with Gasteiger partial charge in [-0.2, -0.15) is 0 Å². The Kier molecular flexibility index (Phi) is 9.80. The summed E-state index contributed by atoms with van der Waals surface area (Å²) in [4.78, 5) is 61.2. The van der Waals surface area contributed by atoms with Gasteiger partial charge >= 0.3 is 0 Å². The van der Waals surface area contributed by atoms with E-state index in [9.17, 15) is 19.2 Å². The molecule has 0 saturated carbocycles. The zero-order chi connectivity index (χ0) is 34.6. The van der Waals surface area contributed by atoms with Crippen molar-refractivity contribution in [1.82, 2.24) is 24.7 Å². The molecule has 2 fully saturated rings. The monoisotopic (exact) mass is 691 g/mol. The normalized spacial score (nSPS) is 16.1. The summed E-state index contributed by atoms with van der Waals surface area (Å²) < 4.78 is 7.67. The van der Waals surface area contributed by atoms with Gasteiger partial charge in [-0.25, -0.2) is 4.98 Å². The number of carbonyl (C=O) groups is 3. The number of halogens is 1. The molecule has 4 heterocycles. The summed E-state index contributed by atoms with van der Waals surface area (Å²) in [6.07, 6.45) is 9.39. The van der Waals surface area contributed by atoms with E-state index in [1.54, 1.807) is 53.6 Å². The van der Waals surface area contributed by atoms with E-state index in [-0.39, 0.29) is 40.9 Å². The third-order valence-electron chi connectivity index (χ3n) is 9.78. The highest BCUT2D eigenvalue weighted by Gasteiger charge is 2.32. The van der Waals surface area contributed by atoms with Crippen LogP contribution in [0.15, 0.2) is 101 Å². The number of amides is 3. The first-order valence-corrected chi connectivity index (χ1v) is 17.5. The van der Waals surface area contributed by atoms with Gasteiger partial charge in [-0.3, -0.25) is 19.2 Å². The summed E-state index contributed by atoms with van der Waals surface area (Å²) >= 11 is 6.12. The number of rotatable bonds is 9. The van der Waals surface area contributed by atoms with Crippen molar-refractivity contribution in [3.8, 4) is 5.69 Å². The molecule has 0 aliphatic carbocycles. The van der Waals surface area contributed by atoms with E-state index in [0.29, 0.717) is 36.5 Å². The molecule has 2 saturated heterocycles. The van der Waals surface area contributed by atoms with Crippen LogP contribution in [0.25, 0.3) is 16.7 Å². The average Bonchev–Trinajstić information content (AvgIpc) is 3.68. The average molecular weight is 692 g/mol. The maximum absolute atomic E-state index is 14.1. The molecule has 10 nitrogen and oxygen atoms in total. The van der Waals surface area contributed by atoms with Crippen molar-refractivity contribution in [1.29, 1.82) is 0 Å². The van der Waals surface area contributed by atoms with E-state index in [1.807, 2.05) is 34.1 Å². The van der Waals surface area contributed by atoms with E-state index in [0.717, 1.165) is 49.0 Å². The quantitative estimate of drug-likeness (QED) is 0.206. The van der Waals surface area contributed by atoms with Crippen LogP contribution in [0.5, 0.6) is 0 Å². The molecule has 2 aromatic heterocycles. The SMILES string of the molecule is O=C(N[C@@H](Cc1ccc(Cl)cc1)C(=O)N1CCC(c2ccccc2CN2CCCCC2=O)CC1)c1cc(=O)c2cc(-n3ccnc3)ccc2o1. The largest absolute Gasteiger partial charge is 0.451 e. The fourth-order valence-corrected chi connectivity index (χ4v) is 7.18. The van der Waals surface area contributed by atoms with E-state index in [4.69, 9.17) is 16.0 Å². The number of imidazole rings is 1. The smallest absolute Gasteiger partial charge is 0.287 e. The van der Waals surface area contributed by atoms with Crippen molar-refractivity contribution in [3.05, 3.63) is 129 Å². The van der Waals surface area contributed by atoms with Gasteiger partial charge in [0, 0.05) is 68.2 Å². The van der Waals surface area contributed by atoms with Gasteiger partial charge in [-0.05, 0) is 78.6 Å². The van der Waals surface area contributed by atoms with E-state index < -0.39 is 11.9 Å². The van der Waals surface area contributed by atoms with Gasteiger partial charge in [0.1, 0.15) is 11.6 Å². The Hall–Kier alpha value is -5.22. The first-order valence-electron chi connectivity index (χ1n) is 17.1. The number of hydrogen-bond acceptors (Lipinski definition) is 6. The van der Waals surface area contributed by atoms with Gasteiger partial charge in [0.15, 0.2) is 11.2 Å². The van der Waals surface area contributed by atoms with Crippen molar-refractivity contribution in [2.45, 2.75) is 57.0 Å². The Bertz CT molecular complexity index is 2070. The lowest BCUT2D eigenvalue weighted by Crippen LogP contribution is -2.51. The zero-order valence-corrected chi connectivity index (χ0v) is 28.4. The van der Waals surface area contributed by atoms with Gasteiger partial charge in [-0.1, -0.05) is 48.0 Å². The highest BCUT2D eigenvalue weighted by molar-refractivity contribution is 6.30. The van der Waals surface area contributed by atoms with Crippen molar-refractivity contribution in [2.75, 3.05) is 19.6 Å². The third kappa shape index (κ3) is 7.35. The van der Waals surface area contributed by atoms with Crippen molar-refractivity contribution < 1.29 is 18.8 Å². The number of aromatic nitrogens is 2. The highest BCUT2D eigenvalue weighted by Crippen LogP contribution is 2.32. The Morgan fingerprint density at radius 3 is 2.52 bits per heavy atom. The second-order valence-electron chi connectivity index (χ2n) is 13.1. The maximum Gasteiger partial charge on any atom is 0.287 e. The molecule has 3 amide bonds. The number of benzene rings is 3. The number of carbonyl (C=O) groups excluding carboxylic acids is 3. The van der Waals surface area contributed by atoms with E-state index in [2.05, 4.69) is 22.4 Å². The predicted octanol–water partition coefficient (Wildman–Crippen LogP) is 5.89. The van der Waals surface area contributed by atoms with Crippen molar-refractivity contribution >= 4 is 40.3 Å². The summed E-state index contributed by atoms with van der Waals surface area (Å²) in [5, 5.41) is 3.77. The lowest BCUT2D eigenvalue weighted by molar-refractivity contribution is -0.135. The molecule has 0 unspecified atom stereocenters. The molecule has 2 aliphatic rings. The van der Waals surface area contributed by atoms with Crippen LogP contribution in [0, 0.1) is 0 Å².